The molecule has 7 heteroatoms. The molecule has 1 amide bonds. The highest BCUT2D eigenvalue weighted by Gasteiger charge is 2.31. The maximum absolute atomic E-state index is 13.4. The second-order valence-electron chi connectivity index (χ2n) is 7.14. The highest BCUT2D eigenvalue weighted by Crippen LogP contribution is 2.37. The molecule has 1 fully saturated rings. The number of pyridine rings is 1. The van der Waals surface area contributed by atoms with Gasteiger partial charge in [-0.1, -0.05) is 12.1 Å². The smallest absolute Gasteiger partial charge is 0.256 e. The van der Waals surface area contributed by atoms with Gasteiger partial charge in [-0.2, -0.15) is 0 Å². The molecule has 1 aromatic carbocycles. The van der Waals surface area contributed by atoms with Crippen LogP contribution in [0.5, 0.6) is 0 Å². The van der Waals surface area contributed by atoms with Crippen molar-refractivity contribution >= 4 is 35.0 Å². The highest BCUT2D eigenvalue weighted by atomic mass is 16.5. The summed E-state index contributed by atoms with van der Waals surface area (Å²) in [5.41, 5.74) is 4.27. The molecule has 4 rings (SSSR count). The van der Waals surface area contributed by atoms with Crippen LogP contribution in [0.4, 0.5) is 17.2 Å². The molecular weight excluding hydrogens is 366 g/mol. The van der Waals surface area contributed by atoms with Gasteiger partial charge in [0.05, 0.1) is 17.9 Å². The maximum Gasteiger partial charge on any atom is 0.256 e. The summed E-state index contributed by atoms with van der Waals surface area (Å²) in [4.78, 5) is 19.7. The first-order chi connectivity index (χ1) is 14.2. The van der Waals surface area contributed by atoms with Crippen LogP contribution in [0.3, 0.4) is 0 Å². The number of benzene rings is 1. The number of hydrogen-bond donors (Lipinski definition) is 3. The van der Waals surface area contributed by atoms with Crippen molar-refractivity contribution in [1.29, 1.82) is 5.41 Å². The third kappa shape index (κ3) is 3.86. The lowest BCUT2D eigenvalue weighted by Gasteiger charge is -2.29. The summed E-state index contributed by atoms with van der Waals surface area (Å²) in [6, 6.07) is 9.75. The normalized spacial score (nSPS) is 18.7. The minimum Gasteiger partial charge on any atom is -0.388 e. The number of amides is 1. The van der Waals surface area contributed by atoms with Crippen LogP contribution in [-0.2, 0) is 16.1 Å². The van der Waals surface area contributed by atoms with E-state index in [0.29, 0.717) is 13.2 Å². The van der Waals surface area contributed by atoms with Crippen molar-refractivity contribution in [2.24, 2.45) is 0 Å². The quantitative estimate of drug-likeness (QED) is 0.695. The molecule has 0 bridgehead atoms. The fraction of sp³-hybridized carbons (Fsp3) is 0.318. The Morgan fingerprint density at radius 3 is 3.03 bits per heavy atom. The Labute approximate surface area is 170 Å². The maximum atomic E-state index is 13.4. The fourth-order valence-corrected chi connectivity index (χ4v) is 3.80. The molecule has 0 spiro atoms. The third-order valence-corrected chi connectivity index (χ3v) is 5.31. The number of carbonyl (C=O) groups excluding carboxylic acids is 1. The average Bonchev–Trinajstić information content (AvgIpc) is 2.94. The summed E-state index contributed by atoms with van der Waals surface area (Å²) in [6.07, 6.45) is 7.01. The number of fused-ring (bicyclic) bond motifs is 2. The SMILES string of the molecule is CN/C(=C\C=N)c1ccc2c(c1)N(C(=O)[C@H]1CCCCO1)Cc1cccnc1N2. The van der Waals surface area contributed by atoms with E-state index in [-0.39, 0.29) is 5.91 Å². The van der Waals surface area contributed by atoms with Crippen LogP contribution in [0.1, 0.15) is 30.4 Å². The Kier molecular flexibility index (Phi) is 5.57. The Morgan fingerprint density at radius 2 is 2.28 bits per heavy atom. The number of carbonyl (C=O) groups is 1. The first kappa shape index (κ1) is 19.1. The summed E-state index contributed by atoms with van der Waals surface area (Å²) in [5.74, 6) is 0.730. The summed E-state index contributed by atoms with van der Waals surface area (Å²) in [5, 5.41) is 13.9. The van der Waals surface area contributed by atoms with Gasteiger partial charge < -0.3 is 25.7 Å². The molecule has 2 aromatic rings. The molecule has 0 aliphatic carbocycles. The number of hydrogen-bond acceptors (Lipinski definition) is 6. The van der Waals surface area contributed by atoms with Gasteiger partial charge in [0.15, 0.2) is 0 Å². The van der Waals surface area contributed by atoms with Gasteiger partial charge >= 0.3 is 0 Å². The fourth-order valence-electron chi connectivity index (χ4n) is 3.80. The summed E-state index contributed by atoms with van der Waals surface area (Å²) < 4.78 is 5.79. The van der Waals surface area contributed by atoms with Gasteiger partial charge in [0, 0.05) is 37.3 Å². The van der Waals surface area contributed by atoms with Crippen LogP contribution in [0.15, 0.2) is 42.6 Å². The van der Waals surface area contributed by atoms with Crippen LogP contribution in [0, 0.1) is 5.41 Å². The van der Waals surface area contributed by atoms with Gasteiger partial charge in [-0.25, -0.2) is 4.98 Å². The van der Waals surface area contributed by atoms with Gasteiger partial charge in [0.25, 0.3) is 5.91 Å². The topological polar surface area (TPSA) is 90.3 Å². The lowest BCUT2D eigenvalue weighted by molar-refractivity contribution is -0.132. The molecule has 150 valence electrons. The first-order valence-electron chi connectivity index (χ1n) is 9.88. The predicted octanol–water partition coefficient (Wildman–Crippen LogP) is 3.45. The van der Waals surface area contributed by atoms with E-state index in [1.165, 1.54) is 6.21 Å². The molecule has 0 saturated carbocycles. The number of nitrogens with one attached hydrogen (secondary N) is 3. The molecule has 1 aromatic heterocycles. The zero-order valence-electron chi connectivity index (χ0n) is 16.4. The molecule has 3 heterocycles. The molecule has 0 radical (unpaired) electrons. The van der Waals surface area contributed by atoms with Crippen molar-refractivity contribution in [3.63, 3.8) is 0 Å². The van der Waals surface area contributed by atoms with E-state index >= 15 is 0 Å². The predicted molar refractivity (Wildman–Crippen MR) is 115 cm³/mol. The minimum atomic E-state index is -0.417. The standard InChI is InChI=1S/C22H25N5O2/c1-24-17(9-10-23)15-7-8-18-19(13-15)27(22(28)20-6-2-3-12-29-20)14-16-5-4-11-25-21(16)26-18/h4-5,7-11,13,20,23-24H,2-3,6,12,14H2,1H3,(H,25,26)/b17-9-,23-10?/t20-/m1/s1. The Hall–Kier alpha value is -3.19. The minimum absolute atomic E-state index is 0.0244. The van der Waals surface area contributed by atoms with Crippen LogP contribution >= 0.6 is 0 Å². The average molecular weight is 391 g/mol. The van der Waals surface area contributed by atoms with E-state index < -0.39 is 6.10 Å². The van der Waals surface area contributed by atoms with Crippen molar-refractivity contribution in [1.82, 2.24) is 10.3 Å². The second kappa shape index (κ2) is 8.45. The summed E-state index contributed by atoms with van der Waals surface area (Å²) >= 11 is 0. The van der Waals surface area contributed by atoms with Gasteiger partial charge in [0.2, 0.25) is 0 Å². The zero-order valence-corrected chi connectivity index (χ0v) is 16.4. The lowest BCUT2D eigenvalue weighted by Crippen LogP contribution is -2.41. The van der Waals surface area contributed by atoms with Gasteiger partial charge in [-0.15, -0.1) is 0 Å². The number of ether oxygens (including phenoxy) is 1. The van der Waals surface area contributed by atoms with Crippen molar-refractivity contribution in [2.75, 3.05) is 23.9 Å². The number of aromatic nitrogens is 1. The lowest BCUT2D eigenvalue weighted by atomic mass is 10.1. The van der Waals surface area contributed by atoms with E-state index in [9.17, 15) is 4.79 Å². The summed E-state index contributed by atoms with van der Waals surface area (Å²) in [7, 11) is 1.82. The van der Waals surface area contributed by atoms with Crippen molar-refractivity contribution in [3.05, 3.63) is 53.7 Å². The molecule has 3 N–H and O–H groups in total. The Morgan fingerprint density at radius 1 is 1.38 bits per heavy atom. The largest absolute Gasteiger partial charge is 0.388 e. The Balaban J connectivity index is 1.79. The number of nitrogens with zero attached hydrogens (tertiary/aromatic N) is 2. The van der Waals surface area contributed by atoms with E-state index in [1.54, 1.807) is 17.2 Å². The van der Waals surface area contributed by atoms with Crippen molar-refractivity contribution in [2.45, 2.75) is 31.9 Å². The summed E-state index contributed by atoms with van der Waals surface area (Å²) in [6.45, 7) is 1.05. The second-order valence-corrected chi connectivity index (χ2v) is 7.14. The van der Waals surface area contributed by atoms with E-state index in [1.807, 2.05) is 37.4 Å². The van der Waals surface area contributed by atoms with Crippen molar-refractivity contribution in [3.8, 4) is 0 Å². The highest BCUT2D eigenvalue weighted by molar-refractivity contribution is 6.01. The van der Waals surface area contributed by atoms with Crippen LogP contribution in [0.25, 0.3) is 5.70 Å². The molecule has 7 nitrogen and oxygen atoms in total. The monoisotopic (exact) mass is 391 g/mol. The molecule has 0 unspecified atom stereocenters. The van der Waals surface area contributed by atoms with Crippen LogP contribution in [-0.4, -0.2) is 36.9 Å². The van der Waals surface area contributed by atoms with E-state index in [2.05, 4.69) is 15.6 Å². The van der Waals surface area contributed by atoms with E-state index in [0.717, 1.165) is 53.3 Å². The van der Waals surface area contributed by atoms with Crippen LogP contribution < -0.4 is 15.5 Å². The number of anilines is 3. The van der Waals surface area contributed by atoms with Gasteiger partial charge in [-0.05, 0) is 49.1 Å². The third-order valence-electron chi connectivity index (χ3n) is 5.31. The van der Waals surface area contributed by atoms with E-state index in [4.69, 9.17) is 10.1 Å². The molecule has 2 aliphatic rings. The molecule has 29 heavy (non-hydrogen) atoms. The zero-order chi connectivity index (χ0) is 20.2. The van der Waals surface area contributed by atoms with Crippen LogP contribution in [0.2, 0.25) is 0 Å². The molecular formula is C22H25N5O2. The van der Waals surface area contributed by atoms with Crippen molar-refractivity contribution < 1.29 is 9.53 Å². The van der Waals surface area contributed by atoms with Gasteiger partial charge in [-0.3, -0.25) is 4.79 Å². The number of rotatable bonds is 4. The molecule has 2 aliphatic heterocycles. The molecule has 1 atom stereocenters. The Bertz CT molecular complexity index is 950. The van der Waals surface area contributed by atoms with Gasteiger partial charge in [0.1, 0.15) is 11.9 Å². The first-order valence-corrected chi connectivity index (χ1v) is 9.88. The molecule has 1 saturated heterocycles. The number of allylic oxidation sites excluding steroid dienone is 1.